The first-order valence-corrected chi connectivity index (χ1v) is 9.50. The van der Waals surface area contributed by atoms with E-state index in [9.17, 15) is 8.78 Å². The van der Waals surface area contributed by atoms with Crippen molar-refractivity contribution >= 4 is 11.1 Å². The van der Waals surface area contributed by atoms with Crippen LogP contribution in [0.15, 0.2) is 71.8 Å². The number of hydrogen-bond acceptors (Lipinski definition) is 0. The molecule has 2 aromatic carbocycles. The van der Waals surface area contributed by atoms with Crippen molar-refractivity contribution < 1.29 is 59.4 Å². The Hall–Kier alpha value is -1.29. The molecule has 0 radical (unpaired) electrons. The van der Waals surface area contributed by atoms with Gasteiger partial charge in [-0.1, -0.05) is 74.9 Å². The molecule has 2 aromatic rings. The van der Waals surface area contributed by atoms with Crippen LogP contribution in [-0.4, -0.2) is 0 Å². The van der Waals surface area contributed by atoms with E-state index in [0.29, 0.717) is 11.8 Å². The van der Waals surface area contributed by atoms with E-state index in [1.54, 1.807) is 24.3 Å². The molecular formula is C26H24Cl2F2Hf. The van der Waals surface area contributed by atoms with Crippen molar-refractivity contribution in [3.8, 4) is 0 Å². The monoisotopic (exact) mass is 624 g/mol. The van der Waals surface area contributed by atoms with Gasteiger partial charge in [-0.15, -0.1) is 0 Å². The Morgan fingerprint density at radius 3 is 1.29 bits per heavy atom. The number of benzene rings is 2. The minimum atomic E-state index is -0.184. The van der Waals surface area contributed by atoms with Gasteiger partial charge in [0.1, 0.15) is 11.6 Å². The van der Waals surface area contributed by atoms with E-state index in [1.807, 2.05) is 26.0 Å². The Morgan fingerprint density at radius 1 is 0.677 bits per heavy atom. The molecule has 5 heteroatoms. The molecule has 2 unspecified atom stereocenters. The van der Waals surface area contributed by atoms with Crippen LogP contribution in [0.25, 0.3) is 11.1 Å². The van der Waals surface area contributed by atoms with Crippen LogP contribution in [0.2, 0.25) is 0 Å². The van der Waals surface area contributed by atoms with Crippen molar-refractivity contribution in [2.75, 3.05) is 0 Å². The van der Waals surface area contributed by atoms with Gasteiger partial charge in [0.2, 0.25) is 0 Å². The fourth-order valence-corrected chi connectivity index (χ4v) is 3.61. The van der Waals surface area contributed by atoms with Crippen molar-refractivity contribution in [3.63, 3.8) is 0 Å². The van der Waals surface area contributed by atoms with Gasteiger partial charge in [0.15, 0.2) is 0 Å². The molecular weight excluding hydrogens is 600 g/mol. The van der Waals surface area contributed by atoms with E-state index in [1.165, 1.54) is 12.1 Å². The zero-order valence-electron chi connectivity index (χ0n) is 17.9. The summed E-state index contributed by atoms with van der Waals surface area (Å²) in [6.07, 6.45) is 10.8. The first-order chi connectivity index (χ1) is 13.3. The van der Waals surface area contributed by atoms with Gasteiger partial charge in [-0.05, 0) is 24.3 Å². The zero-order chi connectivity index (χ0) is 20.3. The van der Waals surface area contributed by atoms with E-state index in [2.05, 4.69) is 38.2 Å². The van der Waals surface area contributed by atoms with Crippen molar-refractivity contribution in [3.05, 3.63) is 107 Å². The van der Waals surface area contributed by atoms with Gasteiger partial charge in [0.25, 0.3) is 0 Å². The molecule has 4 rings (SSSR count). The Labute approximate surface area is 215 Å². The molecule has 0 aromatic heterocycles. The number of halogens is 4. The normalized spacial score (nSPS) is 18.6. The van der Waals surface area contributed by atoms with E-state index in [-0.39, 0.29) is 62.3 Å². The second kappa shape index (κ2) is 13.3. The summed E-state index contributed by atoms with van der Waals surface area (Å²) in [6, 6.07) is 13.4. The summed E-state index contributed by atoms with van der Waals surface area (Å²) in [6.45, 7) is 8.19. The smallest absolute Gasteiger partial charge is 1.00 e. The van der Waals surface area contributed by atoms with Crippen LogP contribution >= 0.6 is 0 Å². The van der Waals surface area contributed by atoms with E-state index >= 15 is 0 Å². The van der Waals surface area contributed by atoms with Gasteiger partial charge < -0.3 is 24.8 Å². The van der Waals surface area contributed by atoms with Gasteiger partial charge in [-0.3, -0.25) is 12.2 Å². The van der Waals surface area contributed by atoms with Gasteiger partial charge in [-0.2, -0.15) is 23.3 Å². The van der Waals surface area contributed by atoms with Crippen LogP contribution in [0.3, 0.4) is 0 Å². The molecule has 2 aliphatic rings. The van der Waals surface area contributed by atoms with Crippen molar-refractivity contribution in [1.82, 2.24) is 0 Å². The molecule has 0 saturated carbocycles. The first kappa shape index (κ1) is 29.7. The minimum absolute atomic E-state index is 0. The molecule has 0 bridgehead atoms. The van der Waals surface area contributed by atoms with Crippen LogP contribution in [0.5, 0.6) is 0 Å². The van der Waals surface area contributed by atoms with E-state index in [4.69, 9.17) is 0 Å². The maximum atomic E-state index is 13.0. The zero-order valence-corrected chi connectivity index (χ0v) is 23.0. The van der Waals surface area contributed by atoms with Crippen molar-refractivity contribution in [2.24, 2.45) is 11.8 Å². The number of allylic oxidation sites excluding steroid dienone is 8. The molecule has 2 aliphatic carbocycles. The first-order valence-electron chi connectivity index (χ1n) is 9.50. The van der Waals surface area contributed by atoms with Gasteiger partial charge in [0.05, 0.1) is 0 Å². The number of hydrogen-bond donors (Lipinski definition) is 0. The van der Waals surface area contributed by atoms with Crippen LogP contribution < -0.4 is 24.8 Å². The molecule has 0 saturated heterocycles. The largest absolute Gasteiger partial charge is 4.00 e. The van der Waals surface area contributed by atoms with Crippen molar-refractivity contribution in [1.29, 1.82) is 0 Å². The summed E-state index contributed by atoms with van der Waals surface area (Å²) in [5.74, 6) is 0.313. The quantitative estimate of drug-likeness (QED) is 0.349. The molecule has 0 heterocycles. The van der Waals surface area contributed by atoms with Crippen LogP contribution in [0.1, 0.15) is 38.8 Å². The van der Waals surface area contributed by atoms with Gasteiger partial charge in [0, 0.05) is 0 Å². The maximum absolute atomic E-state index is 13.0. The van der Waals surface area contributed by atoms with Crippen molar-refractivity contribution in [2.45, 2.75) is 27.7 Å². The van der Waals surface area contributed by atoms with Crippen LogP contribution in [0.4, 0.5) is 8.78 Å². The number of rotatable bonds is 2. The maximum Gasteiger partial charge on any atom is 4.00 e. The molecule has 31 heavy (non-hydrogen) atoms. The summed E-state index contributed by atoms with van der Waals surface area (Å²) in [4.78, 5) is 0. The fourth-order valence-electron chi connectivity index (χ4n) is 3.61. The molecule has 0 N–H and O–H groups in total. The standard InChI is InChI=1S/2C13H12F.2ClH.Hf/c2*1-9-6-10(2)13(7-9)11-4-3-5-12(14)8-11;;;/h2*3-5,7-9H,1-2H3;2*1H;/q2*-1;;;+4/p-2. The topological polar surface area (TPSA) is 0 Å². The minimum Gasteiger partial charge on any atom is -1.00 e. The summed E-state index contributed by atoms with van der Waals surface area (Å²) < 4.78 is 26.0. The molecule has 0 fully saturated rings. The molecule has 2 atom stereocenters. The van der Waals surface area contributed by atoms with Gasteiger partial charge in [-0.25, -0.2) is 19.9 Å². The predicted octanol–water partition coefficient (Wildman–Crippen LogP) is 1.22. The fraction of sp³-hybridized carbons (Fsp3) is 0.231. The molecule has 0 amide bonds. The Balaban J connectivity index is 0.000000529. The van der Waals surface area contributed by atoms with E-state index < -0.39 is 0 Å². The Morgan fingerprint density at radius 2 is 1.03 bits per heavy atom. The Bertz CT molecular complexity index is 924. The third-order valence-electron chi connectivity index (χ3n) is 4.80. The average Bonchev–Trinajstić information content (AvgIpc) is 3.16. The van der Waals surface area contributed by atoms with Crippen LogP contribution in [-0.2, 0) is 25.8 Å². The second-order valence-corrected chi connectivity index (χ2v) is 7.30. The van der Waals surface area contributed by atoms with E-state index in [0.717, 1.165) is 33.4 Å². The summed E-state index contributed by atoms with van der Waals surface area (Å²) in [5.41, 5.74) is 6.33. The van der Waals surface area contributed by atoms with Gasteiger partial charge >= 0.3 is 25.8 Å². The molecule has 160 valence electrons. The molecule has 0 aliphatic heterocycles. The average molecular weight is 624 g/mol. The van der Waals surface area contributed by atoms with Crippen LogP contribution in [0, 0.1) is 35.6 Å². The Kier molecular flexibility index (Phi) is 12.7. The summed E-state index contributed by atoms with van der Waals surface area (Å²) in [5, 5.41) is 0. The third kappa shape index (κ3) is 7.97. The second-order valence-electron chi connectivity index (χ2n) is 7.30. The SMILES string of the molecule is CC1=[C-]C(C)C=C1c1cccc(F)c1.CC1=[C-]C(C)C=C1c1cccc(F)c1.[Cl-].[Cl-].[Hf+4]. The summed E-state index contributed by atoms with van der Waals surface area (Å²) >= 11 is 0. The molecule has 0 spiro atoms. The molecule has 0 nitrogen and oxygen atoms in total. The predicted molar refractivity (Wildman–Crippen MR) is 112 cm³/mol. The third-order valence-corrected chi connectivity index (χ3v) is 4.80. The summed E-state index contributed by atoms with van der Waals surface area (Å²) in [7, 11) is 0.